The van der Waals surface area contributed by atoms with Crippen molar-refractivity contribution in [2.24, 2.45) is 0 Å². The van der Waals surface area contributed by atoms with E-state index in [-0.39, 0.29) is 11.7 Å². The van der Waals surface area contributed by atoms with E-state index in [1.807, 2.05) is 0 Å². The summed E-state index contributed by atoms with van der Waals surface area (Å²) in [6, 6.07) is 7.55. The summed E-state index contributed by atoms with van der Waals surface area (Å²) >= 11 is 1.27. The van der Waals surface area contributed by atoms with E-state index in [1.54, 1.807) is 30.6 Å². The van der Waals surface area contributed by atoms with Crippen molar-refractivity contribution in [3.8, 4) is 0 Å². The number of hydrogen-bond acceptors (Lipinski definition) is 3. The SMILES string of the molecule is CN(C(=O)c1sccc1N)c1cccc(F)c1. The molecule has 88 valence electrons. The smallest absolute Gasteiger partial charge is 0.270 e. The number of nitrogens with two attached hydrogens (primary N) is 1. The van der Waals surface area contributed by atoms with Gasteiger partial charge in [0.1, 0.15) is 10.7 Å². The van der Waals surface area contributed by atoms with E-state index in [9.17, 15) is 9.18 Å². The number of carbonyl (C=O) groups is 1. The van der Waals surface area contributed by atoms with Gasteiger partial charge in [-0.1, -0.05) is 6.07 Å². The first-order chi connectivity index (χ1) is 8.09. The Morgan fingerprint density at radius 2 is 2.18 bits per heavy atom. The molecular formula is C12H11FN2OS. The summed E-state index contributed by atoms with van der Waals surface area (Å²) in [5, 5.41) is 1.75. The molecule has 3 nitrogen and oxygen atoms in total. The third-order valence-electron chi connectivity index (χ3n) is 2.39. The Balaban J connectivity index is 2.30. The van der Waals surface area contributed by atoms with E-state index in [2.05, 4.69) is 0 Å². The molecule has 2 N–H and O–H groups in total. The fourth-order valence-electron chi connectivity index (χ4n) is 1.45. The fraction of sp³-hybridized carbons (Fsp3) is 0.0833. The Morgan fingerprint density at radius 1 is 1.41 bits per heavy atom. The van der Waals surface area contributed by atoms with E-state index in [1.165, 1.54) is 28.4 Å². The molecule has 0 saturated carbocycles. The highest BCUT2D eigenvalue weighted by molar-refractivity contribution is 7.12. The van der Waals surface area contributed by atoms with Crippen molar-refractivity contribution in [1.82, 2.24) is 0 Å². The molecule has 1 aromatic carbocycles. The van der Waals surface area contributed by atoms with Gasteiger partial charge in [-0.25, -0.2) is 4.39 Å². The monoisotopic (exact) mass is 250 g/mol. The van der Waals surface area contributed by atoms with Gasteiger partial charge in [0.05, 0.1) is 5.69 Å². The molecule has 1 aromatic heterocycles. The molecular weight excluding hydrogens is 239 g/mol. The van der Waals surface area contributed by atoms with Crippen LogP contribution in [0.4, 0.5) is 15.8 Å². The molecule has 1 amide bonds. The zero-order valence-corrected chi connectivity index (χ0v) is 10.00. The molecule has 0 aliphatic carbocycles. The molecule has 5 heteroatoms. The maximum atomic E-state index is 13.1. The number of thiophene rings is 1. The van der Waals surface area contributed by atoms with Gasteiger partial charge in [0.25, 0.3) is 5.91 Å². The number of anilines is 2. The van der Waals surface area contributed by atoms with Gasteiger partial charge < -0.3 is 10.6 Å². The zero-order valence-electron chi connectivity index (χ0n) is 9.18. The molecule has 0 aliphatic heterocycles. The van der Waals surface area contributed by atoms with Crippen LogP contribution in [0.2, 0.25) is 0 Å². The number of hydrogen-bond donors (Lipinski definition) is 1. The second-order valence-electron chi connectivity index (χ2n) is 3.55. The maximum absolute atomic E-state index is 13.1. The second kappa shape index (κ2) is 4.55. The topological polar surface area (TPSA) is 46.3 Å². The molecule has 17 heavy (non-hydrogen) atoms. The van der Waals surface area contributed by atoms with E-state index in [0.717, 1.165) is 0 Å². The third-order valence-corrected chi connectivity index (χ3v) is 3.31. The summed E-state index contributed by atoms with van der Waals surface area (Å²) in [6.45, 7) is 0. The number of benzene rings is 1. The van der Waals surface area contributed by atoms with Gasteiger partial charge in [-0.2, -0.15) is 0 Å². The first-order valence-electron chi connectivity index (χ1n) is 4.96. The maximum Gasteiger partial charge on any atom is 0.270 e. The minimum Gasteiger partial charge on any atom is -0.397 e. The Labute approximate surface area is 102 Å². The number of amides is 1. The van der Waals surface area contributed by atoms with Crippen molar-refractivity contribution in [2.75, 3.05) is 17.7 Å². The van der Waals surface area contributed by atoms with Crippen LogP contribution in [-0.2, 0) is 0 Å². The Hall–Kier alpha value is -1.88. The quantitative estimate of drug-likeness (QED) is 0.890. The number of carbonyl (C=O) groups excluding carboxylic acids is 1. The Bertz CT molecular complexity index is 553. The van der Waals surface area contributed by atoms with Crippen molar-refractivity contribution in [1.29, 1.82) is 0 Å². The fourth-order valence-corrected chi connectivity index (χ4v) is 2.24. The summed E-state index contributed by atoms with van der Waals surface area (Å²) in [4.78, 5) is 13.9. The molecule has 2 aromatic rings. The Morgan fingerprint density at radius 3 is 2.76 bits per heavy atom. The summed E-state index contributed by atoms with van der Waals surface area (Å²) in [5.41, 5.74) is 6.63. The summed E-state index contributed by atoms with van der Waals surface area (Å²) in [6.07, 6.45) is 0. The van der Waals surface area contributed by atoms with Crippen LogP contribution in [0.1, 0.15) is 9.67 Å². The van der Waals surface area contributed by atoms with Crippen LogP contribution in [-0.4, -0.2) is 13.0 Å². The number of nitrogen functional groups attached to an aromatic ring is 1. The van der Waals surface area contributed by atoms with Gasteiger partial charge >= 0.3 is 0 Å². The number of rotatable bonds is 2. The van der Waals surface area contributed by atoms with Crippen LogP contribution in [0.15, 0.2) is 35.7 Å². The molecule has 0 radical (unpaired) electrons. The zero-order chi connectivity index (χ0) is 12.4. The summed E-state index contributed by atoms with van der Waals surface area (Å²) < 4.78 is 13.1. The highest BCUT2D eigenvalue weighted by atomic mass is 32.1. The van der Waals surface area contributed by atoms with E-state index < -0.39 is 0 Å². The van der Waals surface area contributed by atoms with E-state index in [0.29, 0.717) is 16.3 Å². The molecule has 0 fully saturated rings. The summed E-state index contributed by atoms with van der Waals surface area (Å²) in [7, 11) is 1.59. The van der Waals surface area contributed by atoms with Gasteiger partial charge in [-0.05, 0) is 29.6 Å². The first kappa shape index (κ1) is 11.6. The number of halogens is 1. The largest absolute Gasteiger partial charge is 0.397 e. The highest BCUT2D eigenvalue weighted by Crippen LogP contribution is 2.23. The van der Waals surface area contributed by atoms with Crippen molar-refractivity contribution >= 4 is 28.6 Å². The minimum absolute atomic E-state index is 0.233. The lowest BCUT2D eigenvalue weighted by Crippen LogP contribution is -2.26. The van der Waals surface area contributed by atoms with Gasteiger partial charge in [-0.15, -0.1) is 11.3 Å². The molecule has 0 spiro atoms. The van der Waals surface area contributed by atoms with Gasteiger partial charge in [0.15, 0.2) is 0 Å². The second-order valence-corrected chi connectivity index (χ2v) is 4.47. The highest BCUT2D eigenvalue weighted by Gasteiger charge is 2.17. The van der Waals surface area contributed by atoms with Crippen molar-refractivity contribution < 1.29 is 9.18 Å². The lowest BCUT2D eigenvalue weighted by atomic mass is 10.2. The average molecular weight is 250 g/mol. The van der Waals surface area contributed by atoms with E-state index in [4.69, 9.17) is 5.73 Å². The molecule has 0 bridgehead atoms. The van der Waals surface area contributed by atoms with Crippen LogP contribution < -0.4 is 10.6 Å². The standard InChI is InChI=1S/C12H11FN2OS/c1-15(9-4-2-3-8(13)7-9)12(16)11-10(14)5-6-17-11/h2-7H,14H2,1H3. The van der Waals surface area contributed by atoms with Gasteiger partial charge in [0.2, 0.25) is 0 Å². The molecule has 1 heterocycles. The van der Waals surface area contributed by atoms with Crippen molar-refractivity contribution in [2.45, 2.75) is 0 Å². The molecule has 2 rings (SSSR count). The third kappa shape index (κ3) is 2.29. The average Bonchev–Trinajstić information content (AvgIpc) is 2.73. The normalized spacial score (nSPS) is 10.2. The molecule has 0 unspecified atom stereocenters. The van der Waals surface area contributed by atoms with Crippen LogP contribution in [0.5, 0.6) is 0 Å². The van der Waals surface area contributed by atoms with Crippen molar-refractivity contribution in [3.63, 3.8) is 0 Å². The predicted octanol–water partition coefficient (Wildman–Crippen LogP) is 2.75. The molecule has 0 atom stereocenters. The molecule has 0 aliphatic rings. The molecule has 0 saturated heterocycles. The van der Waals surface area contributed by atoms with E-state index >= 15 is 0 Å². The van der Waals surface area contributed by atoms with Crippen molar-refractivity contribution in [3.05, 3.63) is 46.4 Å². The van der Waals surface area contributed by atoms with Crippen LogP contribution >= 0.6 is 11.3 Å². The minimum atomic E-state index is -0.374. The van der Waals surface area contributed by atoms with Crippen LogP contribution in [0, 0.1) is 5.82 Å². The lowest BCUT2D eigenvalue weighted by Gasteiger charge is -2.16. The lowest BCUT2D eigenvalue weighted by molar-refractivity contribution is 0.0997. The summed E-state index contributed by atoms with van der Waals surface area (Å²) in [5.74, 6) is -0.607. The first-order valence-corrected chi connectivity index (χ1v) is 5.84. The number of nitrogens with zero attached hydrogens (tertiary/aromatic N) is 1. The predicted molar refractivity (Wildman–Crippen MR) is 67.9 cm³/mol. The van der Waals surface area contributed by atoms with Gasteiger partial charge in [-0.3, -0.25) is 4.79 Å². The van der Waals surface area contributed by atoms with Crippen LogP contribution in [0.25, 0.3) is 0 Å². The van der Waals surface area contributed by atoms with Gasteiger partial charge in [0, 0.05) is 12.7 Å². The Kier molecular flexibility index (Phi) is 3.10. The van der Waals surface area contributed by atoms with Crippen LogP contribution in [0.3, 0.4) is 0 Å².